The van der Waals surface area contributed by atoms with Crippen molar-refractivity contribution in [3.8, 4) is 0 Å². The molecule has 0 atom stereocenters. The molecule has 0 fully saturated rings. The van der Waals surface area contributed by atoms with Crippen molar-refractivity contribution < 1.29 is 14.4 Å². The zero-order valence-corrected chi connectivity index (χ0v) is 16.3. The number of fused-ring (bicyclic) bond motifs is 1. The Morgan fingerprint density at radius 1 is 0.828 bits per heavy atom. The fourth-order valence-corrected chi connectivity index (χ4v) is 3.56. The van der Waals surface area contributed by atoms with E-state index in [1.165, 1.54) is 4.90 Å². The van der Waals surface area contributed by atoms with Crippen LogP contribution in [0.5, 0.6) is 0 Å². The third-order valence-electron chi connectivity index (χ3n) is 5.08. The van der Waals surface area contributed by atoms with Gasteiger partial charge in [0.15, 0.2) is 0 Å². The minimum absolute atomic E-state index is 0.149. The number of para-hydroxylation sites is 1. The molecule has 144 valence electrons. The largest absolute Gasteiger partial charge is 0.289 e. The molecule has 0 aliphatic carbocycles. The van der Waals surface area contributed by atoms with Gasteiger partial charge in [-0.3, -0.25) is 24.2 Å². The van der Waals surface area contributed by atoms with Gasteiger partial charge in [-0.1, -0.05) is 48.0 Å². The molecule has 0 radical (unpaired) electrons. The maximum Gasteiger partial charge on any atom is 0.263 e. The lowest BCUT2D eigenvalue weighted by Crippen LogP contribution is -2.44. The van der Waals surface area contributed by atoms with Gasteiger partial charge in [-0.2, -0.15) is 0 Å². The van der Waals surface area contributed by atoms with Gasteiger partial charge in [0.2, 0.25) is 0 Å². The number of imide groups is 1. The summed E-state index contributed by atoms with van der Waals surface area (Å²) in [6.45, 7) is 3.66. The summed E-state index contributed by atoms with van der Waals surface area (Å²) in [5, 5.41) is 0. The molecular weight excluding hydrogens is 364 g/mol. The molecule has 3 amide bonds. The lowest BCUT2D eigenvalue weighted by Gasteiger charge is -2.28. The number of hydrogen-bond acceptors (Lipinski definition) is 3. The van der Waals surface area contributed by atoms with Crippen LogP contribution in [0.1, 0.15) is 42.2 Å². The van der Waals surface area contributed by atoms with Crippen molar-refractivity contribution in [1.29, 1.82) is 0 Å². The fraction of sp³-hybridized carbons (Fsp3) is 0.125. The molecule has 0 bridgehead atoms. The van der Waals surface area contributed by atoms with Crippen LogP contribution in [0.25, 0.3) is 0 Å². The Morgan fingerprint density at radius 3 is 2.07 bits per heavy atom. The first-order valence-corrected chi connectivity index (χ1v) is 9.37. The lowest BCUT2D eigenvalue weighted by molar-refractivity contribution is 0.0650. The topological polar surface area (TPSA) is 57.7 Å². The third-order valence-corrected chi connectivity index (χ3v) is 5.08. The second-order valence-corrected chi connectivity index (χ2v) is 7.11. The smallest absolute Gasteiger partial charge is 0.263 e. The van der Waals surface area contributed by atoms with Crippen molar-refractivity contribution in [3.63, 3.8) is 0 Å². The molecule has 0 saturated heterocycles. The molecule has 5 nitrogen and oxygen atoms in total. The van der Waals surface area contributed by atoms with Gasteiger partial charge < -0.3 is 0 Å². The molecule has 1 aliphatic rings. The van der Waals surface area contributed by atoms with E-state index in [2.05, 4.69) is 0 Å². The highest BCUT2D eigenvalue weighted by molar-refractivity contribution is 6.22. The molecule has 0 saturated carbocycles. The minimum Gasteiger partial charge on any atom is -0.289 e. The standard InChI is InChI=1S/C24H20N2O3/c1-16-8-7-10-18(14-16)22(27)25(21-13-6-3-9-17(21)2)15-26-23(28)19-11-4-5-12-20(19)24(26)29/h3-14H,15H2,1-2H3. The number of carbonyl (C=O) groups is 3. The molecule has 3 aromatic rings. The maximum absolute atomic E-state index is 13.4. The van der Waals surface area contributed by atoms with E-state index in [4.69, 9.17) is 0 Å². The van der Waals surface area contributed by atoms with Crippen molar-refractivity contribution in [1.82, 2.24) is 4.90 Å². The number of amides is 3. The second kappa shape index (κ2) is 7.36. The molecule has 0 N–H and O–H groups in total. The first-order chi connectivity index (χ1) is 14.0. The van der Waals surface area contributed by atoms with E-state index in [0.29, 0.717) is 22.4 Å². The van der Waals surface area contributed by atoms with E-state index in [-0.39, 0.29) is 24.4 Å². The summed E-state index contributed by atoms with van der Waals surface area (Å²) in [6, 6.07) is 21.4. The van der Waals surface area contributed by atoms with Gasteiger partial charge in [0.25, 0.3) is 17.7 Å². The van der Waals surface area contributed by atoms with E-state index >= 15 is 0 Å². The molecule has 29 heavy (non-hydrogen) atoms. The average molecular weight is 384 g/mol. The van der Waals surface area contributed by atoms with Crippen LogP contribution >= 0.6 is 0 Å². The summed E-state index contributed by atoms with van der Waals surface area (Å²) in [5.41, 5.74) is 3.74. The first kappa shape index (κ1) is 18.6. The van der Waals surface area contributed by atoms with Crippen LogP contribution in [0.3, 0.4) is 0 Å². The van der Waals surface area contributed by atoms with Gasteiger partial charge in [-0.15, -0.1) is 0 Å². The number of rotatable bonds is 4. The van der Waals surface area contributed by atoms with Gasteiger partial charge in [0.05, 0.1) is 11.1 Å². The molecule has 0 aromatic heterocycles. The van der Waals surface area contributed by atoms with E-state index in [1.807, 2.05) is 50.2 Å². The summed E-state index contributed by atoms with van der Waals surface area (Å²) in [6.07, 6.45) is 0. The molecule has 1 aliphatic heterocycles. The Balaban J connectivity index is 1.74. The minimum atomic E-state index is -0.388. The summed E-state index contributed by atoms with van der Waals surface area (Å²) in [5.74, 6) is -1.04. The van der Waals surface area contributed by atoms with Gasteiger partial charge in [-0.05, 0) is 49.7 Å². The molecule has 0 unspecified atom stereocenters. The lowest BCUT2D eigenvalue weighted by atomic mass is 10.1. The van der Waals surface area contributed by atoms with Gasteiger partial charge in [0, 0.05) is 11.3 Å². The van der Waals surface area contributed by atoms with Gasteiger partial charge >= 0.3 is 0 Å². The number of nitrogens with zero attached hydrogens (tertiary/aromatic N) is 2. The molecule has 4 rings (SSSR count). The van der Waals surface area contributed by atoms with E-state index in [0.717, 1.165) is 16.0 Å². The van der Waals surface area contributed by atoms with Crippen LogP contribution in [0.4, 0.5) is 5.69 Å². The number of carbonyl (C=O) groups excluding carboxylic acids is 3. The van der Waals surface area contributed by atoms with Crippen molar-refractivity contribution in [2.75, 3.05) is 11.6 Å². The molecule has 1 heterocycles. The number of benzene rings is 3. The Morgan fingerprint density at radius 2 is 1.45 bits per heavy atom. The molecule has 3 aromatic carbocycles. The quantitative estimate of drug-likeness (QED) is 0.634. The second-order valence-electron chi connectivity index (χ2n) is 7.11. The van der Waals surface area contributed by atoms with Crippen LogP contribution in [0.15, 0.2) is 72.8 Å². The molecule has 5 heteroatoms. The predicted octanol–water partition coefficient (Wildman–Crippen LogP) is 4.20. The van der Waals surface area contributed by atoms with Crippen molar-refractivity contribution in [2.45, 2.75) is 13.8 Å². The Labute approximate surface area is 169 Å². The van der Waals surface area contributed by atoms with Gasteiger partial charge in [-0.25, -0.2) is 0 Å². The van der Waals surface area contributed by atoms with E-state index in [9.17, 15) is 14.4 Å². The zero-order valence-electron chi connectivity index (χ0n) is 16.3. The third kappa shape index (κ3) is 3.31. The van der Waals surface area contributed by atoms with Crippen LogP contribution in [-0.4, -0.2) is 29.3 Å². The van der Waals surface area contributed by atoms with Crippen molar-refractivity contribution in [2.24, 2.45) is 0 Å². The van der Waals surface area contributed by atoms with Crippen molar-refractivity contribution in [3.05, 3.63) is 101 Å². The first-order valence-electron chi connectivity index (χ1n) is 9.37. The van der Waals surface area contributed by atoms with Crippen molar-refractivity contribution >= 4 is 23.4 Å². The van der Waals surface area contributed by atoms with Gasteiger partial charge in [0.1, 0.15) is 6.67 Å². The highest BCUT2D eigenvalue weighted by atomic mass is 16.2. The molecule has 0 spiro atoms. The van der Waals surface area contributed by atoms with Crippen LogP contribution in [0, 0.1) is 13.8 Å². The highest BCUT2D eigenvalue weighted by Crippen LogP contribution is 2.27. The Kier molecular flexibility index (Phi) is 4.72. The summed E-state index contributed by atoms with van der Waals surface area (Å²) in [4.78, 5) is 41.7. The Bertz CT molecular complexity index is 1100. The Hall–Kier alpha value is -3.73. The number of aryl methyl sites for hydroxylation is 2. The monoisotopic (exact) mass is 384 g/mol. The molecular formula is C24H20N2O3. The summed E-state index contributed by atoms with van der Waals surface area (Å²) in [7, 11) is 0. The fourth-order valence-electron chi connectivity index (χ4n) is 3.56. The van der Waals surface area contributed by atoms with E-state index < -0.39 is 0 Å². The number of anilines is 1. The van der Waals surface area contributed by atoms with E-state index in [1.54, 1.807) is 36.4 Å². The maximum atomic E-state index is 13.4. The zero-order chi connectivity index (χ0) is 20.5. The van der Waals surface area contributed by atoms with Crippen LogP contribution in [0.2, 0.25) is 0 Å². The average Bonchev–Trinajstić information content (AvgIpc) is 2.97. The van der Waals surface area contributed by atoms with Crippen LogP contribution in [-0.2, 0) is 0 Å². The number of hydrogen-bond donors (Lipinski definition) is 0. The normalized spacial score (nSPS) is 12.8. The van der Waals surface area contributed by atoms with Crippen LogP contribution < -0.4 is 4.90 Å². The highest BCUT2D eigenvalue weighted by Gasteiger charge is 2.37. The summed E-state index contributed by atoms with van der Waals surface area (Å²) < 4.78 is 0. The summed E-state index contributed by atoms with van der Waals surface area (Å²) >= 11 is 0. The SMILES string of the molecule is Cc1cccc(C(=O)N(CN2C(=O)c3ccccc3C2=O)c2ccccc2C)c1. The predicted molar refractivity (Wildman–Crippen MR) is 111 cm³/mol.